The van der Waals surface area contributed by atoms with Gasteiger partial charge in [-0.3, -0.25) is 9.59 Å². The Morgan fingerprint density at radius 3 is 2.65 bits per heavy atom. The number of aromatic nitrogens is 2. The van der Waals surface area contributed by atoms with E-state index in [2.05, 4.69) is 10.4 Å². The maximum atomic E-state index is 12.9. The van der Waals surface area contributed by atoms with Gasteiger partial charge in [-0.2, -0.15) is 9.78 Å². The van der Waals surface area contributed by atoms with E-state index in [1.54, 1.807) is 18.3 Å². The summed E-state index contributed by atoms with van der Waals surface area (Å²) in [7, 11) is 0. The minimum Gasteiger partial charge on any atom is -0.368 e. The van der Waals surface area contributed by atoms with E-state index in [0.717, 1.165) is 37.8 Å². The summed E-state index contributed by atoms with van der Waals surface area (Å²) in [6.07, 6.45) is 9.10. The highest BCUT2D eigenvalue weighted by Gasteiger charge is 2.29. The highest BCUT2D eigenvalue weighted by Crippen LogP contribution is 2.28. The van der Waals surface area contributed by atoms with E-state index in [0.29, 0.717) is 29.0 Å². The predicted molar refractivity (Wildman–Crippen MR) is 125 cm³/mol. The van der Waals surface area contributed by atoms with Crippen LogP contribution in [0.25, 0.3) is 5.69 Å². The third-order valence-corrected chi connectivity index (χ3v) is 7.15. The minimum absolute atomic E-state index is 0.106. The topological polar surface area (TPSA) is 67.2 Å². The number of anilines is 1. The Labute approximate surface area is 192 Å². The summed E-state index contributed by atoms with van der Waals surface area (Å²) < 4.78 is 1.26. The van der Waals surface area contributed by atoms with Crippen molar-refractivity contribution in [1.82, 2.24) is 15.1 Å². The molecule has 0 radical (unpaired) electrons. The molecule has 1 atom stereocenters. The number of piperidine rings is 1. The third-order valence-electron chi connectivity index (χ3n) is 6.38. The lowest BCUT2D eigenvalue weighted by Crippen LogP contribution is -2.46. The van der Waals surface area contributed by atoms with E-state index in [4.69, 9.17) is 23.2 Å². The molecule has 31 heavy (non-hydrogen) atoms. The average Bonchev–Trinajstić information content (AvgIpc) is 2.78. The van der Waals surface area contributed by atoms with Gasteiger partial charge in [0.1, 0.15) is 5.02 Å². The number of hydrogen-bond acceptors (Lipinski definition) is 4. The van der Waals surface area contributed by atoms with Crippen LogP contribution in [0.4, 0.5) is 5.69 Å². The van der Waals surface area contributed by atoms with Crippen LogP contribution < -0.4 is 15.8 Å². The highest BCUT2D eigenvalue weighted by atomic mass is 35.5. The first-order valence-corrected chi connectivity index (χ1v) is 11.8. The second-order valence-corrected chi connectivity index (χ2v) is 9.41. The lowest BCUT2D eigenvalue weighted by molar-refractivity contribution is -0.126. The Hall–Kier alpha value is -2.05. The Morgan fingerprint density at radius 2 is 1.90 bits per heavy atom. The van der Waals surface area contributed by atoms with Crippen LogP contribution in [-0.2, 0) is 4.79 Å². The zero-order chi connectivity index (χ0) is 22.0. The molecular formula is C23H28Cl2N4O2. The van der Waals surface area contributed by atoms with Crippen LogP contribution in [0.1, 0.15) is 50.5 Å². The second kappa shape index (κ2) is 9.61. The normalized spacial score (nSPS) is 20.0. The molecule has 0 spiro atoms. The van der Waals surface area contributed by atoms with Crippen molar-refractivity contribution >= 4 is 34.8 Å². The van der Waals surface area contributed by atoms with Crippen LogP contribution in [0.15, 0.2) is 29.2 Å². The van der Waals surface area contributed by atoms with Crippen molar-refractivity contribution in [3.05, 3.63) is 50.4 Å². The van der Waals surface area contributed by atoms with E-state index in [9.17, 15) is 9.59 Å². The van der Waals surface area contributed by atoms with Crippen molar-refractivity contribution in [2.45, 2.75) is 57.9 Å². The summed E-state index contributed by atoms with van der Waals surface area (Å²) in [5, 5.41) is 8.25. The molecule has 1 aromatic carbocycles. The molecule has 1 amide bonds. The van der Waals surface area contributed by atoms with Gasteiger partial charge in [0.15, 0.2) is 0 Å². The first-order valence-electron chi connectivity index (χ1n) is 11.0. The molecule has 1 unspecified atom stereocenters. The largest absolute Gasteiger partial charge is 0.368 e. The molecule has 2 aromatic rings. The number of aryl methyl sites for hydroxylation is 1. The molecule has 1 saturated heterocycles. The van der Waals surface area contributed by atoms with Crippen LogP contribution in [-0.4, -0.2) is 34.8 Å². The summed E-state index contributed by atoms with van der Waals surface area (Å²) in [6, 6.07) is 5.63. The molecule has 0 bridgehead atoms. The molecule has 8 heteroatoms. The van der Waals surface area contributed by atoms with Crippen molar-refractivity contribution < 1.29 is 4.79 Å². The van der Waals surface area contributed by atoms with Crippen LogP contribution in [0.3, 0.4) is 0 Å². The number of carbonyl (C=O) groups is 1. The van der Waals surface area contributed by atoms with Crippen LogP contribution in [0.2, 0.25) is 10.0 Å². The van der Waals surface area contributed by atoms with Gasteiger partial charge in [0, 0.05) is 24.2 Å². The van der Waals surface area contributed by atoms with E-state index >= 15 is 0 Å². The fourth-order valence-electron chi connectivity index (χ4n) is 4.52. The van der Waals surface area contributed by atoms with Crippen LogP contribution >= 0.6 is 23.2 Å². The Bertz CT molecular complexity index is 1020. The number of hydrogen-bond donors (Lipinski definition) is 1. The van der Waals surface area contributed by atoms with Crippen molar-refractivity contribution in [2.24, 2.45) is 5.92 Å². The van der Waals surface area contributed by atoms with E-state index < -0.39 is 5.56 Å². The Morgan fingerprint density at radius 1 is 1.13 bits per heavy atom. The number of benzene rings is 1. The average molecular weight is 463 g/mol. The predicted octanol–water partition coefficient (Wildman–Crippen LogP) is 4.51. The first kappa shape index (κ1) is 22.2. The molecule has 1 aliphatic heterocycles. The van der Waals surface area contributed by atoms with Gasteiger partial charge in [0.05, 0.1) is 23.5 Å². The van der Waals surface area contributed by atoms with Crippen molar-refractivity contribution in [1.29, 1.82) is 0 Å². The number of halogens is 2. The van der Waals surface area contributed by atoms with E-state index in [1.807, 2.05) is 17.9 Å². The number of nitrogens with one attached hydrogen (secondary N) is 1. The number of amides is 1. The fourth-order valence-corrected chi connectivity index (χ4v) is 4.94. The molecule has 4 rings (SSSR count). The van der Waals surface area contributed by atoms with E-state index in [-0.39, 0.29) is 16.8 Å². The van der Waals surface area contributed by atoms with Crippen molar-refractivity contribution in [3.63, 3.8) is 0 Å². The monoisotopic (exact) mass is 462 g/mol. The van der Waals surface area contributed by atoms with Gasteiger partial charge in [-0.05, 0) is 50.3 Å². The summed E-state index contributed by atoms with van der Waals surface area (Å²) in [5.41, 5.74) is 1.67. The van der Waals surface area contributed by atoms with Gasteiger partial charge in [-0.1, -0.05) is 48.5 Å². The minimum atomic E-state index is -0.395. The highest BCUT2D eigenvalue weighted by molar-refractivity contribution is 6.33. The smallest absolute Gasteiger partial charge is 0.292 e. The molecule has 2 fully saturated rings. The lowest BCUT2D eigenvalue weighted by Gasteiger charge is -2.35. The van der Waals surface area contributed by atoms with Gasteiger partial charge < -0.3 is 10.2 Å². The maximum Gasteiger partial charge on any atom is 0.292 e. The third kappa shape index (κ3) is 4.90. The molecular weight excluding hydrogens is 435 g/mol. The van der Waals surface area contributed by atoms with Gasteiger partial charge in [-0.15, -0.1) is 0 Å². The molecule has 6 nitrogen and oxygen atoms in total. The Kier molecular flexibility index (Phi) is 6.87. The van der Waals surface area contributed by atoms with Crippen LogP contribution in [0, 0.1) is 12.8 Å². The van der Waals surface area contributed by atoms with Crippen molar-refractivity contribution in [2.75, 3.05) is 18.0 Å². The number of nitrogens with zero attached hydrogens (tertiary/aromatic N) is 3. The molecule has 1 aromatic heterocycles. The first-order chi connectivity index (χ1) is 14.9. The standard InChI is InChI=1S/C23H28Cl2N4O2/c1-15-9-10-18(12-19(15)24)29-23(31)21(25)20(13-26-29)28-11-5-6-16(14-28)22(30)27-17-7-3-2-4-8-17/h9-10,12-13,16-17H,2-8,11,14H2,1H3,(H,27,30). The van der Waals surface area contributed by atoms with Gasteiger partial charge in [0.2, 0.25) is 5.91 Å². The fraction of sp³-hybridized carbons (Fsp3) is 0.522. The maximum absolute atomic E-state index is 12.9. The SMILES string of the molecule is Cc1ccc(-n2ncc(N3CCCC(C(=O)NC4CCCCC4)C3)c(Cl)c2=O)cc1Cl. The zero-order valence-electron chi connectivity index (χ0n) is 17.7. The van der Waals surface area contributed by atoms with Gasteiger partial charge in [-0.25, -0.2) is 0 Å². The van der Waals surface area contributed by atoms with Crippen molar-refractivity contribution in [3.8, 4) is 5.69 Å². The quantitative estimate of drug-likeness (QED) is 0.725. The summed E-state index contributed by atoms with van der Waals surface area (Å²) in [5.74, 6) is 0.00778. The molecule has 1 saturated carbocycles. The molecule has 1 aliphatic carbocycles. The lowest BCUT2D eigenvalue weighted by atomic mass is 9.93. The van der Waals surface area contributed by atoms with Gasteiger partial charge in [0.25, 0.3) is 5.56 Å². The number of rotatable bonds is 4. The summed E-state index contributed by atoms with van der Waals surface area (Å²) >= 11 is 12.7. The van der Waals surface area contributed by atoms with Crippen LogP contribution in [0.5, 0.6) is 0 Å². The molecule has 2 heterocycles. The zero-order valence-corrected chi connectivity index (χ0v) is 19.3. The summed E-state index contributed by atoms with van der Waals surface area (Å²) in [6.45, 7) is 3.18. The number of carbonyl (C=O) groups excluding carboxylic acids is 1. The van der Waals surface area contributed by atoms with Gasteiger partial charge >= 0.3 is 0 Å². The summed E-state index contributed by atoms with van der Waals surface area (Å²) in [4.78, 5) is 27.8. The molecule has 166 valence electrons. The molecule has 1 N–H and O–H groups in total. The molecule has 2 aliphatic rings. The second-order valence-electron chi connectivity index (χ2n) is 8.62. The van der Waals surface area contributed by atoms with E-state index in [1.165, 1.54) is 23.9 Å². The Balaban J connectivity index is 1.51.